The number of hydrogen-bond acceptors (Lipinski definition) is 2. The highest BCUT2D eigenvalue weighted by molar-refractivity contribution is 6.01. The van der Waals surface area contributed by atoms with E-state index >= 15 is 0 Å². The second kappa shape index (κ2) is 20.4. The maximum absolute atomic E-state index is 5.86. The van der Waals surface area contributed by atoms with Crippen LogP contribution in [-0.2, 0) is 32.5 Å². The molecule has 2 aliphatic heterocycles. The molecule has 0 spiro atoms. The molecule has 5 heterocycles. The molecule has 3 aromatic heterocycles. The molecule has 0 saturated carbocycles. The van der Waals surface area contributed by atoms with E-state index < -0.39 is 0 Å². The van der Waals surface area contributed by atoms with Crippen molar-refractivity contribution in [2.24, 2.45) is 0 Å². The van der Waals surface area contributed by atoms with Crippen molar-refractivity contribution in [3.8, 4) is 56.3 Å². The Balaban J connectivity index is 1.39. The third-order valence-electron chi connectivity index (χ3n) is 16.2. The van der Waals surface area contributed by atoms with Gasteiger partial charge in [0.15, 0.2) is 0 Å². The number of aromatic nitrogens is 4. The van der Waals surface area contributed by atoms with Gasteiger partial charge in [-0.1, -0.05) is 221 Å². The van der Waals surface area contributed by atoms with Crippen LogP contribution in [0.2, 0.25) is 0 Å². The van der Waals surface area contributed by atoms with E-state index in [0.29, 0.717) is 0 Å². The lowest BCUT2D eigenvalue weighted by Crippen LogP contribution is -2.17. The van der Waals surface area contributed by atoms with Crippen LogP contribution in [0.3, 0.4) is 0 Å². The summed E-state index contributed by atoms with van der Waals surface area (Å²) in [6, 6.07) is 47.4. The zero-order valence-electron chi connectivity index (χ0n) is 51.8. The predicted octanol–water partition coefficient (Wildman–Crippen LogP) is 20.8. The molecular weight excluding hydrogens is 981 g/mol. The van der Waals surface area contributed by atoms with E-state index in [4.69, 9.17) is 9.97 Å². The Hall–Kier alpha value is -7.74. The molecule has 0 atom stereocenters. The van der Waals surface area contributed by atoms with Crippen LogP contribution in [0, 0.1) is 18.8 Å². The minimum atomic E-state index is -0.191. The molecule has 4 heteroatoms. The largest absolute Gasteiger partial charge is 0.354 e. The molecule has 2 aliphatic rings. The van der Waals surface area contributed by atoms with Gasteiger partial charge in [-0.3, -0.25) is 0 Å². The fourth-order valence-corrected chi connectivity index (χ4v) is 11.4. The quantitative estimate of drug-likeness (QED) is 0.173. The molecular formula is C77H84N4. The van der Waals surface area contributed by atoms with Crippen molar-refractivity contribution < 1.29 is 0 Å². The van der Waals surface area contributed by atoms with Crippen LogP contribution in [0.25, 0.3) is 90.9 Å². The van der Waals surface area contributed by atoms with Crippen LogP contribution in [0.5, 0.6) is 0 Å². The van der Waals surface area contributed by atoms with E-state index in [1.54, 1.807) is 0 Å². The summed E-state index contributed by atoms with van der Waals surface area (Å²) in [7, 11) is 0. The van der Waals surface area contributed by atoms with E-state index in [0.717, 1.165) is 100 Å². The van der Waals surface area contributed by atoms with Gasteiger partial charge in [-0.05, 0) is 168 Å². The van der Waals surface area contributed by atoms with Gasteiger partial charge in [0, 0.05) is 55.4 Å². The summed E-state index contributed by atoms with van der Waals surface area (Å²) >= 11 is 0. The van der Waals surface area contributed by atoms with Gasteiger partial charge >= 0.3 is 0 Å². The number of fused-ring (bicyclic) bond motifs is 8. The average Bonchev–Trinajstić information content (AvgIpc) is 4.46. The molecule has 10 rings (SSSR count). The van der Waals surface area contributed by atoms with Gasteiger partial charge in [-0.15, -0.1) is 0 Å². The van der Waals surface area contributed by atoms with Gasteiger partial charge < -0.3 is 9.97 Å². The summed E-state index contributed by atoms with van der Waals surface area (Å²) in [4.78, 5) is 19.8. The first-order chi connectivity index (χ1) is 37.8. The average molecular weight is 1070 g/mol. The van der Waals surface area contributed by atoms with Crippen LogP contribution < -0.4 is 0 Å². The van der Waals surface area contributed by atoms with Crippen LogP contribution >= 0.6 is 0 Å². The van der Waals surface area contributed by atoms with Gasteiger partial charge in [0.1, 0.15) is 0 Å². The first-order valence-corrected chi connectivity index (χ1v) is 29.1. The Morgan fingerprint density at radius 1 is 0.309 bits per heavy atom. The van der Waals surface area contributed by atoms with Crippen LogP contribution in [0.15, 0.2) is 127 Å². The SMILES string of the molecule is Cc1ccc(C#Cc2ccc(-c3c4nc(c(-c5ccc(C(C)(C)C)cc5C(C)(C)C)c5ccc([nH]5)c(-c5ccc(C(C)(C)C)cc5C(C)(C)C)c5nc(c(-c6ccc(C(C)(C)C)cc6C(C)(C)C)c6ccc3[nH]6)C=C5)C=C4)cc2)cc1. The number of rotatable bonds is 4. The Labute approximate surface area is 484 Å². The second-order valence-corrected chi connectivity index (χ2v) is 29.0. The van der Waals surface area contributed by atoms with Gasteiger partial charge in [0.05, 0.1) is 22.8 Å². The van der Waals surface area contributed by atoms with E-state index in [2.05, 4.69) is 305 Å². The van der Waals surface area contributed by atoms with Crippen LogP contribution in [0.4, 0.5) is 0 Å². The molecule has 8 aromatic rings. The van der Waals surface area contributed by atoms with Crippen LogP contribution in [0.1, 0.15) is 197 Å². The molecule has 5 aromatic carbocycles. The van der Waals surface area contributed by atoms with E-state index in [9.17, 15) is 0 Å². The van der Waals surface area contributed by atoms with E-state index in [1.807, 2.05) is 0 Å². The highest BCUT2D eigenvalue weighted by atomic mass is 14.8. The van der Waals surface area contributed by atoms with Crippen LogP contribution in [-0.4, -0.2) is 19.9 Å². The lowest BCUT2D eigenvalue weighted by atomic mass is 9.77. The lowest BCUT2D eigenvalue weighted by Gasteiger charge is -2.28. The highest BCUT2D eigenvalue weighted by Gasteiger charge is 2.30. The first-order valence-electron chi connectivity index (χ1n) is 29.1. The minimum absolute atomic E-state index is 0.0407. The van der Waals surface area contributed by atoms with Gasteiger partial charge in [0.2, 0.25) is 0 Å². The smallest absolute Gasteiger partial charge is 0.0737 e. The topological polar surface area (TPSA) is 57.4 Å². The summed E-state index contributed by atoms with van der Waals surface area (Å²) in [5.74, 6) is 6.82. The fourth-order valence-electron chi connectivity index (χ4n) is 11.4. The zero-order valence-corrected chi connectivity index (χ0v) is 51.8. The number of hydrogen-bond donors (Lipinski definition) is 2. The summed E-state index contributed by atoms with van der Waals surface area (Å²) in [6.07, 6.45) is 8.92. The molecule has 0 amide bonds. The molecule has 412 valence electrons. The van der Waals surface area contributed by atoms with Gasteiger partial charge in [-0.2, -0.15) is 0 Å². The molecule has 0 saturated heterocycles. The summed E-state index contributed by atoms with van der Waals surface area (Å²) in [5.41, 5.74) is 26.4. The number of nitrogens with one attached hydrogen (secondary N) is 2. The predicted molar refractivity (Wildman–Crippen MR) is 350 cm³/mol. The van der Waals surface area contributed by atoms with Crippen molar-refractivity contribution in [3.05, 3.63) is 200 Å². The van der Waals surface area contributed by atoms with Crippen molar-refractivity contribution in [2.75, 3.05) is 0 Å². The molecule has 0 radical (unpaired) electrons. The third kappa shape index (κ3) is 11.5. The van der Waals surface area contributed by atoms with E-state index in [-0.39, 0.29) is 32.5 Å². The molecule has 8 bridgehead atoms. The van der Waals surface area contributed by atoms with E-state index in [1.165, 1.54) is 38.9 Å². The molecule has 0 aliphatic carbocycles. The summed E-state index contributed by atoms with van der Waals surface area (Å²) in [6.45, 7) is 43.8. The van der Waals surface area contributed by atoms with Crippen molar-refractivity contribution in [1.82, 2.24) is 19.9 Å². The van der Waals surface area contributed by atoms with Crippen molar-refractivity contribution in [3.63, 3.8) is 0 Å². The first kappa shape index (κ1) is 56.5. The van der Waals surface area contributed by atoms with Crippen molar-refractivity contribution in [1.29, 1.82) is 0 Å². The van der Waals surface area contributed by atoms with Crippen molar-refractivity contribution >= 4 is 46.4 Å². The summed E-state index contributed by atoms with van der Waals surface area (Å²) in [5, 5.41) is 0. The molecule has 0 fully saturated rings. The number of aryl methyl sites for hydroxylation is 1. The Morgan fingerprint density at radius 2 is 0.593 bits per heavy atom. The Morgan fingerprint density at radius 3 is 0.889 bits per heavy atom. The minimum Gasteiger partial charge on any atom is -0.354 e. The number of H-pyrrole nitrogens is 2. The number of nitrogens with zero attached hydrogens (tertiary/aromatic N) is 2. The fraction of sp³-hybridized carbons (Fsp3) is 0.325. The number of benzene rings is 5. The Bertz CT molecular complexity index is 4000. The van der Waals surface area contributed by atoms with Gasteiger partial charge in [0.25, 0.3) is 0 Å². The molecule has 2 N–H and O–H groups in total. The molecule has 81 heavy (non-hydrogen) atoms. The van der Waals surface area contributed by atoms with Crippen molar-refractivity contribution in [2.45, 2.75) is 164 Å². The number of aromatic amines is 2. The molecule has 0 unspecified atom stereocenters. The normalized spacial score (nSPS) is 13.2. The standard InChI is InChI=1S/C77H84N4/c1-47-20-22-48(23-21-47)24-25-49-26-28-50(29-27-49)68-60-36-38-62(78-60)69(54-33-30-51(72(2,3)4)44-57(54)75(11,12)13)64-40-42-66(80-64)71(56-35-32-53(74(8,9)10)46-59(56)77(17,18)19)67-43-41-65(81-67)70(63-39-37-61(68)79-63)55-34-31-52(73(5,6)7)45-58(55)76(14,15)16/h20-23,26-46,78,81H,1-19H3. The highest BCUT2D eigenvalue weighted by Crippen LogP contribution is 2.46. The lowest BCUT2D eigenvalue weighted by molar-refractivity contribution is 0.569. The zero-order chi connectivity index (χ0) is 58.4. The summed E-state index contributed by atoms with van der Waals surface area (Å²) < 4.78 is 0. The second-order valence-electron chi connectivity index (χ2n) is 29.0. The van der Waals surface area contributed by atoms with Gasteiger partial charge in [-0.25, -0.2) is 9.97 Å². The monoisotopic (exact) mass is 1060 g/mol. The maximum Gasteiger partial charge on any atom is 0.0737 e. The maximum atomic E-state index is 5.86. The third-order valence-corrected chi connectivity index (χ3v) is 16.2. The molecule has 4 nitrogen and oxygen atoms in total. The Kier molecular flexibility index (Phi) is 14.2.